The van der Waals surface area contributed by atoms with Gasteiger partial charge in [-0.1, -0.05) is 0 Å². The zero-order chi connectivity index (χ0) is 11.8. The normalized spacial score (nSPS) is 18.9. The van der Waals surface area contributed by atoms with E-state index in [9.17, 15) is 4.79 Å². The molecule has 1 saturated carbocycles. The average Bonchev–Trinajstić information content (AvgIpc) is 3.05. The summed E-state index contributed by atoms with van der Waals surface area (Å²) >= 11 is 0. The van der Waals surface area contributed by atoms with Gasteiger partial charge in [0, 0.05) is 5.69 Å². The van der Waals surface area contributed by atoms with Crippen molar-refractivity contribution < 1.29 is 9.90 Å². The van der Waals surface area contributed by atoms with Gasteiger partial charge in [-0.3, -0.25) is 4.79 Å². The summed E-state index contributed by atoms with van der Waals surface area (Å²) in [6.07, 6.45) is 2.05. The van der Waals surface area contributed by atoms with Crippen LogP contribution in [0.5, 0.6) is 5.75 Å². The van der Waals surface area contributed by atoms with Crippen molar-refractivity contribution in [3.05, 3.63) is 24.3 Å². The number of carbonyl (C=O) groups excluding carboxylic acids is 1. The number of amides is 1. The zero-order valence-electron chi connectivity index (χ0n) is 9.23. The smallest absolute Gasteiger partial charge is 0.244 e. The van der Waals surface area contributed by atoms with Crippen LogP contribution < -0.4 is 11.1 Å². The van der Waals surface area contributed by atoms with Crippen LogP contribution in [0, 0.1) is 5.92 Å². The van der Waals surface area contributed by atoms with E-state index in [0.29, 0.717) is 11.6 Å². The molecule has 1 aromatic carbocycles. The van der Waals surface area contributed by atoms with E-state index in [1.54, 1.807) is 19.1 Å². The summed E-state index contributed by atoms with van der Waals surface area (Å²) < 4.78 is 0. The number of phenolic OH excluding ortho intramolecular Hbond substituents is 1. The Morgan fingerprint density at radius 1 is 1.44 bits per heavy atom. The Hall–Kier alpha value is -1.55. The number of benzene rings is 1. The summed E-state index contributed by atoms with van der Waals surface area (Å²) in [5, 5.41) is 11.9. The Bertz CT molecular complexity index is 394. The molecular weight excluding hydrogens is 204 g/mol. The van der Waals surface area contributed by atoms with Crippen LogP contribution in [0.2, 0.25) is 0 Å². The molecule has 4 heteroatoms. The minimum Gasteiger partial charge on any atom is -0.508 e. The monoisotopic (exact) mass is 220 g/mol. The maximum atomic E-state index is 11.9. The Morgan fingerprint density at radius 3 is 2.50 bits per heavy atom. The first-order valence-electron chi connectivity index (χ1n) is 5.39. The standard InChI is InChI=1S/C12H16N2O2/c1-12(13,8-2-3-8)11(16)14-9-4-6-10(15)7-5-9/h4-8,15H,2-3,13H2,1H3,(H,14,16). The van der Waals surface area contributed by atoms with Crippen LogP contribution >= 0.6 is 0 Å². The SMILES string of the molecule is CC(N)(C(=O)Nc1ccc(O)cc1)C1CC1. The first-order chi connectivity index (χ1) is 7.50. The number of hydrogen-bond acceptors (Lipinski definition) is 3. The van der Waals surface area contributed by atoms with Gasteiger partial charge in [0.15, 0.2) is 0 Å². The lowest BCUT2D eigenvalue weighted by molar-refractivity contribution is -0.121. The molecule has 1 aliphatic rings. The van der Waals surface area contributed by atoms with Crippen molar-refractivity contribution in [3.8, 4) is 5.75 Å². The summed E-state index contributed by atoms with van der Waals surface area (Å²) in [6.45, 7) is 1.76. The van der Waals surface area contributed by atoms with Gasteiger partial charge in [0.05, 0.1) is 5.54 Å². The third kappa shape index (κ3) is 2.17. The van der Waals surface area contributed by atoms with Crippen LogP contribution in [-0.2, 0) is 4.79 Å². The largest absolute Gasteiger partial charge is 0.508 e. The highest BCUT2D eigenvalue weighted by Gasteiger charge is 2.43. The van der Waals surface area contributed by atoms with Gasteiger partial charge < -0.3 is 16.2 Å². The third-order valence-electron chi connectivity index (χ3n) is 3.04. The van der Waals surface area contributed by atoms with Crippen LogP contribution in [0.25, 0.3) is 0 Å². The number of nitrogens with two attached hydrogens (primary N) is 1. The van der Waals surface area contributed by atoms with Gasteiger partial charge in [-0.2, -0.15) is 0 Å². The van der Waals surface area contributed by atoms with E-state index in [1.807, 2.05) is 0 Å². The first-order valence-corrected chi connectivity index (χ1v) is 5.39. The highest BCUT2D eigenvalue weighted by atomic mass is 16.3. The molecule has 16 heavy (non-hydrogen) atoms. The number of hydrogen-bond donors (Lipinski definition) is 3. The number of phenols is 1. The summed E-state index contributed by atoms with van der Waals surface area (Å²) in [7, 11) is 0. The fraction of sp³-hybridized carbons (Fsp3) is 0.417. The number of rotatable bonds is 3. The number of aromatic hydroxyl groups is 1. The summed E-state index contributed by atoms with van der Waals surface area (Å²) in [5.41, 5.74) is 5.84. The maximum absolute atomic E-state index is 11.9. The molecule has 1 aliphatic carbocycles. The molecule has 0 spiro atoms. The second kappa shape index (κ2) is 3.79. The molecule has 4 nitrogen and oxygen atoms in total. The molecular formula is C12H16N2O2. The third-order valence-corrected chi connectivity index (χ3v) is 3.04. The highest BCUT2D eigenvalue weighted by Crippen LogP contribution is 2.38. The minimum absolute atomic E-state index is 0.166. The van der Waals surface area contributed by atoms with Gasteiger partial charge in [-0.15, -0.1) is 0 Å². The summed E-state index contributed by atoms with van der Waals surface area (Å²) in [6, 6.07) is 6.35. The van der Waals surface area contributed by atoms with Crippen molar-refractivity contribution in [1.29, 1.82) is 0 Å². The zero-order valence-corrected chi connectivity index (χ0v) is 9.23. The van der Waals surface area contributed by atoms with Gasteiger partial charge in [0.2, 0.25) is 5.91 Å². The van der Waals surface area contributed by atoms with Crippen LogP contribution in [0.3, 0.4) is 0 Å². The van der Waals surface area contributed by atoms with Gasteiger partial charge >= 0.3 is 0 Å². The lowest BCUT2D eigenvalue weighted by Crippen LogP contribution is -2.50. The molecule has 0 radical (unpaired) electrons. The molecule has 0 heterocycles. The maximum Gasteiger partial charge on any atom is 0.244 e. The molecule has 0 saturated heterocycles. The Balaban J connectivity index is 2.04. The molecule has 2 rings (SSSR count). The number of nitrogens with one attached hydrogen (secondary N) is 1. The Morgan fingerprint density at radius 2 is 2.00 bits per heavy atom. The Labute approximate surface area is 94.5 Å². The van der Waals surface area contributed by atoms with E-state index < -0.39 is 5.54 Å². The first kappa shape index (κ1) is 11.0. The molecule has 1 aromatic rings. The average molecular weight is 220 g/mol. The van der Waals surface area contributed by atoms with Crippen molar-refractivity contribution >= 4 is 11.6 Å². The van der Waals surface area contributed by atoms with Crippen molar-refractivity contribution in [3.63, 3.8) is 0 Å². The number of anilines is 1. The van der Waals surface area contributed by atoms with Gasteiger partial charge in [-0.25, -0.2) is 0 Å². The van der Waals surface area contributed by atoms with E-state index in [4.69, 9.17) is 10.8 Å². The fourth-order valence-corrected chi connectivity index (χ4v) is 1.68. The lowest BCUT2D eigenvalue weighted by Gasteiger charge is -2.23. The van der Waals surface area contributed by atoms with Crippen molar-refractivity contribution in [2.45, 2.75) is 25.3 Å². The van der Waals surface area contributed by atoms with Crippen LogP contribution in [0.15, 0.2) is 24.3 Å². The lowest BCUT2D eigenvalue weighted by atomic mass is 9.96. The second-order valence-corrected chi connectivity index (χ2v) is 4.56. The second-order valence-electron chi connectivity index (χ2n) is 4.56. The van der Waals surface area contributed by atoms with E-state index in [-0.39, 0.29) is 11.7 Å². The quantitative estimate of drug-likeness (QED) is 0.675. The predicted molar refractivity (Wildman–Crippen MR) is 62.1 cm³/mol. The van der Waals surface area contributed by atoms with Crippen LogP contribution in [0.4, 0.5) is 5.69 Å². The molecule has 0 aliphatic heterocycles. The van der Waals surface area contributed by atoms with Gasteiger partial charge in [0.25, 0.3) is 0 Å². The number of carbonyl (C=O) groups is 1. The topological polar surface area (TPSA) is 75.4 Å². The van der Waals surface area contributed by atoms with Gasteiger partial charge in [0.1, 0.15) is 5.75 Å². The highest BCUT2D eigenvalue weighted by molar-refractivity contribution is 5.98. The molecule has 1 fully saturated rings. The van der Waals surface area contributed by atoms with Crippen LogP contribution in [-0.4, -0.2) is 16.6 Å². The van der Waals surface area contributed by atoms with Crippen LogP contribution in [0.1, 0.15) is 19.8 Å². The van der Waals surface area contributed by atoms with E-state index >= 15 is 0 Å². The molecule has 4 N–H and O–H groups in total. The predicted octanol–water partition coefficient (Wildman–Crippen LogP) is 1.46. The summed E-state index contributed by atoms with van der Waals surface area (Å²) in [5.74, 6) is 0.306. The van der Waals surface area contributed by atoms with E-state index in [1.165, 1.54) is 12.1 Å². The van der Waals surface area contributed by atoms with Gasteiger partial charge in [-0.05, 0) is 49.9 Å². The fourth-order valence-electron chi connectivity index (χ4n) is 1.68. The summed E-state index contributed by atoms with van der Waals surface area (Å²) in [4.78, 5) is 11.9. The van der Waals surface area contributed by atoms with E-state index in [2.05, 4.69) is 5.32 Å². The van der Waals surface area contributed by atoms with Crippen molar-refractivity contribution in [2.75, 3.05) is 5.32 Å². The molecule has 1 amide bonds. The van der Waals surface area contributed by atoms with E-state index in [0.717, 1.165) is 12.8 Å². The minimum atomic E-state index is -0.794. The van der Waals surface area contributed by atoms with Crippen molar-refractivity contribution in [2.24, 2.45) is 11.7 Å². The molecule has 1 unspecified atom stereocenters. The molecule has 1 atom stereocenters. The molecule has 0 bridgehead atoms. The molecule has 0 aromatic heterocycles. The molecule has 86 valence electrons. The van der Waals surface area contributed by atoms with Crippen molar-refractivity contribution in [1.82, 2.24) is 0 Å². The Kier molecular flexibility index (Phi) is 2.59.